The van der Waals surface area contributed by atoms with Crippen LogP contribution in [-0.2, 0) is 20.0 Å². The van der Waals surface area contributed by atoms with Crippen LogP contribution in [-0.4, -0.2) is 9.78 Å². The quantitative estimate of drug-likeness (QED) is 0.769. The Morgan fingerprint density at radius 2 is 1.90 bits per heavy atom. The Hall–Kier alpha value is -1.77. The second-order valence-electron chi connectivity index (χ2n) is 5.39. The summed E-state index contributed by atoms with van der Waals surface area (Å²) in [5.74, 6) is 0. The minimum Gasteiger partial charge on any atom is -0.381 e. The van der Waals surface area contributed by atoms with Gasteiger partial charge in [-0.05, 0) is 37.5 Å². The molecule has 0 radical (unpaired) electrons. The van der Waals surface area contributed by atoms with E-state index in [2.05, 4.69) is 48.5 Å². The molecule has 1 aromatic heterocycles. The molecular formula is C17H25N3. The molecule has 3 heteroatoms. The lowest BCUT2D eigenvalue weighted by molar-refractivity contribution is 0.717. The summed E-state index contributed by atoms with van der Waals surface area (Å²) < 4.78 is 1.91. The van der Waals surface area contributed by atoms with Crippen LogP contribution in [0, 0.1) is 6.92 Å². The van der Waals surface area contributed by atoms with Gasteiger partial charge in [-0.3, -0.25) is 4.68 Å². The molecular weight excluding hydrogens is 246 g/mol. The number of benzene rings is 1. The van der Waals surface area contributed by atoms with Crippen molar-refractivity contribution < 1.29 is 0 Å². The first-order valence-corrected chi connectivity index (χ1v) is 7.51. The van der Waals surface area contributed by atoms with Crippen molar-refractivity contribution in [1.82, 2.24) is 9.78 Å². The molecule has 3 nitrogen and oxygen atoms in total. The molecule has 0 saturated heterocycles. The zero-order valence-corrected chi connectivity index (χ0v) is 12.8. The van der Waals surface area contributed by atoms with E-state index in [4.69, 9.17) is 0 Å². The Morgan fingerprint density at radius 1 is 1.15 bits per heavy atom. The molecule has 1 aromatic carbocycles. The lowest BCUT2D eigenvalue weighted by Gasteiger charge is -2.07. The largest absolute Gasteiger partial charge is 0.381 e. The second kappa shape index (κ2) is 7.13. The number of nitrogens with zero attached hydrogens (tertiary/aromatic N) is 2. The van der Waals surface area contributed by atoms with Gasteiger partial charge in [0, 0.05) is 30.5 Å². The van der Waals surface area contributed by atoms with Crippen LogP contribution >= 0.6 is 0 Å². The second-order valence-corrected chi connectivity index (χ2v) is 5.39. The maximum absolute atomic E-state index is 4.26. The van der Waals surface area contributed by atoms with Gasteiger partial charge in [0.15, 0.2) is 0 Å². The van der Waals surface area contributed by atoms with Gasteiger partial charge >= 0.3 is 0 Å². The molecule has 2 rings (SSSR count). The SMILES string of the molecule is CCCCCc1ccc(NCc2cnn(C)c2C)cc1. The fourth-order valence-electron chi connectivity index (χ4n) is 2.28. The molecule has 0 bridgehead atoms. The highest BCUT2D eigenvalue weighted by molar-refractivity contribution is 5.45. The highest BCUT2D eigenvalue weighted by Crippen LogP contribution is 2.14. The summed E-state index contributed by atoms with van der Waals surface area (Å²) in [6, 6.07) is 8.81. The van der Waals surface area contributed by atoms with E-state index in [1.165, 1.54) is 48.2 Å². The van der Waals surface area contributed by atoms with Crippen LogP contribution in [0.5, 0.6) is 0 Å². The maximum Gasteiger partial charge on any atom is 0.0542 e. The van der Waals surface area contributed by atoms with Crippen molar-refractivity contribution in [2.75, 3.05) is 5.32 Å². The van der Waals surface area contributed by atoms with Gasteiger partial charge < -0.3 is 5.32 Å². The van der Waals surface area contributed by atoms with Crippen molar-refractivity contribution in [3.63, 3.8) is 0 Å². The molecule has 0 spiro atoms. The fraction of sp³-hybridized carbons (Fsp3) is 0.471. The van der Waals surface area contributed by atoms with Gasteiger partial charge in [0.1, 0.15) is 0 Å². The van der Waals surface area contributed by atoms with E-state index in [1.807, 2.05) is 17.9 Å². The van der Waals surface area contributed by atoms with Gasteiger partial charge in [-0.1, -0.05) is 31.9 Å². The number of aryl methyl sites for hydroxylation is 2. The molecule has 20 heavy (non-hydrogen) atoms. The molecule has 0 unspecified atom stereocenters. The molecule has 0 saturated carbocycles. The van der Waals surface area contributed by atoms with E-state index in [9.17, 15) is 0 Å². The van der Waals surface area contributed by atoms with Crippen LogP contribution in [0.2, 0.25) is 0 Å². The Labute approximate surface area is 122 Å². The summed E-state index contributed by atoms with van der Waals surface area (Å²) in [6.07, 6.45) is 7.01. The van der Waals surface area contributed by atoms with Crippen LogP contribution < -0.4 is 5.32 Å². The van der Waals surface area contributed by atoms with Crippen LogP contribution in [0.4, 0.5) is 5.69 Å². The van der Waals surface area contributed by atoms with E-state index in [1.54, 1.807) is 0 Å². The van der Waals surface area contributed by atoms with Crippen LogP contribution in [0.25, 0.3) is 0 Å². The minimum atomic E-state index is 0.828. The lowest BCUT2D eigenvalue weighted by Crippen LogP contribution is -2.01. The topological polar surface area (TPSA) is 29.9 Å². The van der Waals surface area contributed by atoms with Crippen molar-refractivity contribution in [3.05, 3.63) is 47.3 Å². The standard InChI is InChI=1S/C17H25N3/c1-4-5-6-7-15-8-10-17(11-9-15)18-12-16-13-19-20(3)14(16)2/h8-11,13,18H,4-7,12H2,1-3H3. The molecule has 1 N–H and O–H groups in total. The average molecular weight is 271 g/mol. The number of nitrogens with one attached hydrogen (secondary N) is 1. The van der Waals surface area contributed by atoms with E-state index in [0.29, 0.717) is 0 Å². The molecule has 0 aliphatic rings. The highest BCUT2D eigenvalue weighted by Gasteiger charge is 2.03. The number of anilines is 1. The Morgan fingerprint density at radius 3 is 2.50 bits per heavy atom. The summed E-state index contributed by atoms with van der Waals surface area (Å²) >= 11 is 0. The first-order chi connectivity index (χ1) is 9.70. The van der Waals surface area contributed by atoms with Gasteiger partial charge in [-0.2, -0.15) is 5.10 Å². The first kappa shape index (κ1) is 14.6. The van der Waals surface area contributed by atoms with Crippen molar-refractivity contribution >= 4 is 5.69 Å². The number of rotatable bonds is 7. The summed E-state index contributed by atoms with van der Waals surface area (Å²) in [4.78, 5) is 0. The van der Waals surface area contributed by atoms with E-state index >= 15 is 0 Å². The van der Waals surface area contributed by atoms with Gasteiger partial charge in [-0.15, -0.1) is 0 Å². The Kier molecular flexibility index (Phi) is 5.22. The normalized spacial score (nSPS) is 10.8. The molecule has 108 valence electrons. The van der Waals surface area contributed by atoms with Gasteiger partial charge in [-0.25, -0.2) is 0 Å². The molecule has 0 amide bonds. The predicted molar refractivity (Wildman–Crippen MR) is 84.9 cm³/mol. The van der Waals surface area contributed by atoms with Gasteiger partial charge in [0.2, 0.25) is 0 Å². The van der Waals surface area contributed by atoms with Crippen LogP contribution in [0.1, 0.15) is 43.0 Å². The van der Waals surface area contributed by atoms with Gasteiger partial charge in [0.05, 0.1) is 6.20 Å². The number of aromatic nitrogens is 2. The molecule has 0 atom stereocenters. The third-order valence-electron chi connectivity index (χ3n) is 3.84. The molecule has 1 heterocycles. The minimum absolute atomic E-state index is 0.828. The predicted octanol–water partition coefficient (Wildman–Crippen LogP) is 4.07. The smallest absolute Gasteiger partial charge is 0.0542 e. The molecule has 2 aromatic rings. The number of unbranched alkanes of at least 4 members (excludes halogenated alkanes) is 2. The zero-order chi connectivity index (χ0) is 14.4. The van der Waals surface area contributed by atoms with Crippen molar-refractivity contribution in [2.45, 2.75) is 46.1 Å². The van der Waals surface area contributed by atoms with E-state index in [0.717, 1.165) is 6.54 Å². The van der Waals surface area contributed by atoms with E-state index in [-0.39, 0.29) is 0 Å². The lowest BCUT2D eigenvalue weighted by atomic mass is 10.1. The Bertz CT molecular complexity index is 526. The Balaban J connectivity index is 1.86. The molecule has 0 fully saturated rings. The summed E-state index contributed by atoms with van der Waals surface area (Å²) in [7, 11) is 1.98. The highest BCUT2D eigenvalue weighted by atomic mass is 15.3. The zero-order valence-electron chi connectivity index (χ0n) is 12.8. The first-order valence-electron chi connectivity index (χ1n) is 7.51. The number of hydrogen-bond acceptors (Lipinski definition) is 2. The monoisotopic (exact) mass is 271 g/mol. The van der Waals surface area contributed by atoms with Crippen molar-refractivity contribution in [3.8, 4) is 0 Å². The summed E-state index contributed by atoms with van der Waals surface area (Å²) in [5.41, 5.74) is 5.07. The fourth-order valence-corrected chi connectivity index (χ4v) is 2.28. The third-order valence-corrected chi connectivity index (χ3v) is 3.84. The van der Waals surface area contributed by atoms with E-state index < -0.39 is 0 Å². The molecule has 0 aliphatic carbocycles. The van der Waals surface area contributed by atoms with Crippen molar-refractivity contribution in [1.29, 1.82) is 0 Å². The maximum atomic E-state index is 4.26. The average Bonchev–Trinajstić information content (AvgIpc) is 2.78. The number of hydrogen-bond donors (Lipinski definition) is 1. The third kappa shape index (κ3) is 3.86. The summed E-state index contributed by atoms with van der Waals surface area (Å²) in [6.45, 7) is 5.17. The van der Waals surface area contributed by atoms with Crippen molar-refractivity contribution in [2.24, 2.45) is 7.05 Å². The summed E-state index contributed by atoms with van der Waals surface area (Å²) in [5, 5.41) is 7.72. The van der Waals surface area contributed by atoms with Gasteiger partial charge in [0.25, 0.3) is 0 Å². The van der Waals surface area contributed by atoms with Crippen LogP contribution in [0.3, 0.4) is 0 Å². The van der Waals surface area contributed by atoms with Crippen LogP contribution in [0.15, 0.2) is 30.5 Å². The molecule has 0 aliphatic heterocycles.